The molecule has 3 atom stereocenters. The number of hydrogen-bond acceptors (Lipinski definition) is 1. The highest BCUT2D eigenvalue weighted by Gasteiger charge is 2.88. The maximum Gasteiger partial charge on any atom is 0.427 e. The van der Waals surface area contributed by atoms with Crippen LogP contribution in [0, 0.1) is 17.3 Å². The van der Waals surface area contributed by atoms with Crippen molar-refractivity contribution in [2.45, 2.75) is 49.8 Å². The van der Waals surface area contributed by atoms with E-state index in [0.29, 0.717) is 0 Å². The Balaban J connectivity index is 2.71. The quantitative estimate of drug-likeness (QED) is 0.714. The summed E-state index contributed by atoms with van der Waals surface area (Å²) in [5.41, 5.74) is -10.0. The van der Waals surface area contributed by atoms with Gasteiger partial charge in [0.25, 0.3) is 5.60 Å². The number of halogens is 9. The van der Waals surface area contributed by atoms with Gasteiger partial charge in [0.05, 0.1) is 0 Å². The van der Waals surface area contributed by atoms with Gasteiger partial charge in [-0.3, -0.25) is 0 Å². The van der Waals surface area contributed by atoms with Crippen LogP contribution in [0.25, 0.3) is 0 Å². The van der Waals surface area contributed by atoms with Crippen LogP contribution >= 0.6 is 0 Å². The zero-order chi connectivity index (χ0) is 16.5. The molecule has 0 spiro atoms. The van der Waals surface area contributed by atoms with Gasteiger partial charge in [-0.1, -0.05) is 6.42 Å². The lowest BCUT2D eigenvalue weighted by Gasteiger charge is -2.51. The molecule has 0 radical (unpaired) electrons. The Kier molecular flexibility index (Phi) is 3.34. The Labute approximate surface area is 113 Å². The van der Waals surface area contributed by atoms with Gasteiger partial charge in [-0.05, 0) is 31.1 Å². The van der Waals surface area contributed by atoms with E-state index in [1.165, 1.54) is 0 Å². The van der Waals surface area contributed by atoms with Gasteiger partial charge in [0.15, 0.2) is 0 Å². The molecule has 21 heavy (non-hydrogen) atoms. The summed E-state index contributed by atoms with van der Waals surface area (Å²) in [7, 11) is 0. The first-order chi connectivity index (χ1) is 9.18. The Hall–Kier alpha value is -0.670. The maximum atomic E-state index is 13.3. The molecule has 0 aromatic rings. The van der Waals surface area contributed by atoms with Crippen LogP contribution in [0.5, 0.6) is 0 Å². The molecule has 3 unspecified atom stereocenters. The van der Waals surface area contributed by atoms with Crippen molar-refractivity contribution in [2.75, 3.05) is 0 Å². The molecular formula is C11H11F9O. The second kappa shape index (κ2) is 4.20. The van der Waals surface area contributed by atoms with Crippen LogP contribution in [0.3, 0.4) is 0 Å². The molecule has 1 N–H and O–H groups in total. The van der Waals surface area contributed by atoms with Crippen molar-refractivity contribution < 1.29 is 44.6 Å². The summed E-state index contributed by atoms with van der Waals surface area (Å²) in [4.78, 5) is 0. The van der Waals surface area contributed by atoms with Gasteiger partial charge >= 0.3 is 18.5 Å². The third-order valence-electron chi connectivity index (χ3n) is 4.82. The lowest BCUT2D eigenvalue weighted by molar-refractivity contribution is -0.448. The highest BCUT2D eigenvalue weighted by Crippen LogP contribution is 2.71. The van der Waals surface area contributed by atoms with Crippen LogP contribution in [0.4, 0.5) is 39.5 Å². The van der Waals surface area contributed by atoms with Crippen LogP contribution in [0.15, 0.2) is 0 Å². The third kappa shape index (κ3) is 1.90. The van der Waals surface area contributed by atoms with E-state index < -0.39 is 54.2 Å². The van der Waals surface area contributed by atoms with Crippen molar-refractivity contribution in [3.8, 4) is 0 Å². The molecule has 0 heterocycles. The monoisotopic (exact) mass is 330 g/mol. The summed E-state index contributed by atoms with van der Waals surface area (Å²) < 4.78 is 117. The van der Waals surface area contributed by atoms with E-state index in [4.69, 9.17) is 0 Å². The molecular weight excluding hydrogens is 319 g/mol. The first-order valence-electron chi connectivity index (χ1n) is 6.11. The van der Waals surface area contributed by atoms with Crippen LogP contribution in [-0.4, -0.2) is 29.2 Å². The second-order valence-corrected chi connectivity index (χ2v) is 5.76. The summed E-state index contributed by atoms with van der Waals surface area (Å²) in [5, 5.41) is 9.32. The average molecular weight is 330 g/mol. The van der Waals surface area contributed by atoms with Gasteiger partial charge in [-0.15, -0.1) is 0 Å². The van der Waals surface area contributed by atoms with Gasteiger partial charge in [-0.25, -0.2) is 0 Å². The summed E-state index contributed by atoms with van der Waals surface area (Å²) in [5.74, 6) is -2.76. The molecule has 0 saturated heterocycles. The zero-order valence-corrected chi connectivity index (χ0v) is 10.3. The Morgan fingerprint density at radius 2 is 1.29 bits per heavy atom. The Bertz CT molecular complexity index is 407. The standard InChI is InChI=1S/C11H11F9O/c12-9(13,14)7(4-5-1-2-6(7)3-5)8(21,10(15,16)17)11(18,19)20/h5-6,21H,1-4H2. The van der Waals surface area contributed by atoms with E-state index in [-0.39, 0.29) is 12.8 Å². The predicted octanol–water partition coefficient (Wildman–Crippen LogP) is 4.21. The number of rotatable bonds is 1. The summed E-state index contributed by atoms with van der Waals surface area (Å²) in [6.45, 7) is 0. The minimum Gasteiger partial charge on any atom is -0.373 e. The number of fused-ring (bicyclic) bond motifs is 2. The molecule has 0 aromatic heterocycles. The van der Waals surface area contributed by atoms with Gasteiger partial charge < -0.3 is 5.11 Å². The smallest absolute Gasteiger partial charge is 0.373 e. The van der Waals surface area contributed by atoms with Gasteiger partial charge in [0, 0.05) is 0 Å². The Morgan fingerprint density at radius 3 is 1.52 bits per heavy atom. The van der Waals surface area contributed by atoms with E-state index in [9.17, 15) is 44.6 Å². The fourth-order valence-electron chi connectivity index (χ4n) is 3.99. The first-order valence-corrected chi connectivity index (χ1v) is 6.11. The SMILES string of the molecule is OC(C(F)(F)F)(C(F)(F)F)C1(C(F)(F)F)CC2CCC1C2. The highest BCUT2D eigenvalue weighted by atomic mass is 19.4. The minimum atomic E-state index is -6.47. The predicted molar refractivity (Wildman–Crippen MR) is 51.0 cm³/mol. The molecule has 2 bridgehead atoms. The van der Waals surface area contributed by atoms with E-state index >= 15 is 0 Å². The van der Waals surface area contributed by atoms with E-state index in [1.54, 1.807) is 0 Å². The summed E-state index contributed by atoms with van der Waals surface area (Å²) >= 11 is 0. The summed E-state index contributed by atoms with van der Waals surface area (Å²) in [6, 6.07) is 0. The molecule has 2 aliphatic carbocycles. The number of alkyl halides is 9. The Morgan fingerprint density at radius 1 is 0.810 bits per heavy atom. The van der Waals surface area contributed by atoms with Crippen LogP contribution < -0.4 is 0 Å². The fraction of sp³-hybridized carbons (Fsp3) is 1.00. The van der Waals surface area contributed by atoms with E-state index in [1.807, 2.05) is 0 Å². The molecule has 2 saturated carbocycles. The van der Waals surface area contributed by atoms with Crippen LogP contribution in [0.2, 0.25) is 0 Å². The van der Waals surface area contributed by atoms with Crippen molar-refractivity contribution >= 4 is 0 Å². The number of hydrogen-bond donors (Lipinski definition) is 1. The van der Waals surface area contributed by atoms with Crippen LogP contribution in [0.1, 0.15) is 25.7 Å². The van der Waals surface area contributed by atoms with E-state index in [0.717, 1.165) is 0 Å². The van der Waals surface area contributed by atoms with Crippen molar-refractivity contribution in [1.82, 2.24) is 0 Å². The molecule has 124 valence electrons. The molecule has 0 aliphatic heterocycles. The van der Waals surface area contributed by atoms with E-state index in [2.05, 4.69) is 0 Å². The molecule has 0 aromatic carbocycles. The molecule has 1 nitrogen and oxygen atoms in total. The lowest BCUT2D eigenvalue weighted by atomic mass is 9.60. The van der Waals surface area contributed by atoms with Crippen molar-refractivity contribution in [2.24, 2.45) is 17.3 Å². The van der Waals surface area contributed by atoms with Crippen LogP contribution in [-0.2, 0) is 0 Å². The van der Waals surface area contributed by atoms with Gasteiger partial charge in [-0.2, -0.15) is 39.5 Å². The largest absolute Gasteiger partial charge is 0.427 e. The summed E-state index contributed by atoms with van der Waals surface area (Å²) in [6.07, 6.45) is -20.7. The van der Waals surface area contributed by atoms with Crippen molar-refractivity contribution in [3.05, 3.63) is 0 Å². The molecule has 0 amide bonds. The van der Waals surface area contributed by atoms with Gasteiger partial charge in [0.2, 0.25) is 0 Å². The molecule has 2 fully saturated rings. The lowest BCUT2D eigenvalue weighted by Crippen LogP contribution is -2.72. The van der Waals surface area contributed by atoms with Crippen molar-refractivity contribution in [1.29, 1.82) is 0 Å². The maximum absolute atomic E-state index is 13.3. The first kappa shape index (κ1) is 16.7. The highest BCUT2D eigenvalue weighted by molar-refractivity contribution is 5.18. The third-order valence-corrected chi connectivity index (χ3v) is 4.82. The van der Waals surface area contributed by atoms with Gasteiger partial charge in [0.1, 0.15) is 5.41 Å². The minimum absolute atomic E-state index is 0.147. The normalized spacial score (nSPS) is 34.6. The fourth-order valence-corrected chi connectivity index (χ4v) is 3.99. The average Bonchev–Trinajstić information content (AvgIpc) is 2.83. The molecule has 2 rings (SSSR count). The topological polar surface area (TPSA) is 20.2 Å². The molecule has 2 aliphatic rings. The number of aliphatic hydroxyl groups is 1. The second-order valence-electron chi connectivity index (χ2n) is 5.76. The molecule has 10 heteroatoms. The van der Waals surface area contributed by atoms with Crippen molar-refractivity contribution in [3.63, 3.8) is 0 Å². The zero-order valence-electron chi connectivity index (χ0n) is 10.3.